The van der Waals surface area contributed by atoms with Gasteiger partial charge in [-0.2, -0.15) is 4.73 Å². The maximum atomic E-state index is 12.5. The monoisotopic (exact) mass is 388 g/mol. The van der Waals surface area contributed by atoms with E-state index >= 15 is 0 Å². The van der Waals surface area contributed by atoms with E-state index in [1.54, 1.807) is 18.2 Å². The summed E-state index contributed by atoms with van der Waals surface area (Å²) in [6, 6.07) is 10.8. The normalized spacial score (nSPS) is 14.5. The zero-order chi connectivity index (χ0) is 19.2. The van der Waals surface area contributed by atoms with Crippen molar-refractivity contribution in [3.05, 3.63) is 53.4 Å². The van der Waals surface area contributed by atoms with Crippen LogP contribution in [0.3, 0.4) is 0 Å². The molecular formula is C20H24N2O4S. The summed E-state index contributed by atoms with van der Waals surface area (Å²) in [7, 11) is 0. The molecule has 144 valence electrons. The molecule has 2 heterocycles. The summed E-state index contributed by atoms with van der Waals surface area (Å²) in [5.74, 6) is 1.72. The van der Waals surface area contributed by atoms with E-state index in [-0.39, 0.29) is 23.6 Å². The molecule has 1 aliphatic rings. The zero-order valence-electron chi connectivity index (χ0n) is 15.5. The second-order valence-corrected chi connectivity index (χ2v) is 7.69. The standard InChI is InChI=1S/C20H24N2O4S/c1-14(2)20(15-7-8-16-17(12-15)26-11-5-10-25-16)21-18(23)13-27-19-6-3-4-9-22(19)24/h3-4,6-9,12,14,20H,5,10-11,13H2,1-2H3,(H,21,23)/t20-/m1/s1. The number of thioether (sulfide) groups is 1. The first-order chi connectivity index (χ1) is 13.0. The van der Waals surface area contributed by atoms with Gasteiger partial charge in [-0.3, -0.25) is 4.79 Å². The molecule has 0 saturated heterocycles. The van der Waals surface area contributed by atoms with Crippen LogP contribution in [-0.4, -0.2) is 24.9 Å². The molecule has 1 aromatic carbocycles. The summed E-state index contributed by atoms with van der Waals surface area (Å²) < 4.78 is 12.2. The molecule has 3 rings (SSSR count). The van der Waals surface area contributed by atoms with Gasteiger partial charge in [0.15, 0.2) is 17.7 Å². The number of nitrogens with one attached hydrogen (secondary N) is 1. The molecule has 6 nitrogen and oxygen atoms in total. The second kappa shape index (κ2) is 8.99. The van der Waals surface area contributed by atoms with E-state index in [0.29, 0.717) is 18.2 Å². The van der Waals surface area contributed by atoms with Crippen LogP contribution in [0.5, 0.6) is 11.5 Å². The number of fused-ring (bicyclic) bond motifs is 1. The van der Waals surface area contributed by atoms with Gasteiger partial charge < -0.3 is 20.0 Å². The van der Waals surface area contributed by atoms with Gasteiger partial charge in [-0.15, -0.1) is 0 Å². The molecular weight excluding hydrogens is 364 g/mol. The third kappa shape index (κ3) is 5.07. The Morgan fingerprint density at radius 1 is 1.22 bits per heavy atom. The van der Waals surface area contributed by atoms with Crippen molar-refractivity contribution in [3.8, 4) is 11.5 Å². The number of pyridine rings is 1. The van der Waals surface area contributed by atoms with Gasteiger partial charge in [0.2, 0.25) is 5.91 Å². The predicted octanol–water partition coefficient (Wildman–Crippen LogP) is 3.09. The molecule has 7 heteroatoms. The molecule has 1 aliphatic heterocycles. The minimum atomic E-state index is -0.148. The van der Waals surface area contributed by atoms with Gasteiger partial charge in [0.1, 0.15) is 0 Å². The van der Waals surface area contributed by atoms with Gasteiger partial charge in [0, 0.05) is 18.6 Å². The van der Waals surface area contributed by atoms with Crippen molar-refractivity contribution in [1.82, 2.24) is 5.32 Å². The molecule has 1 N–H and O–H groups in total. The molecule has 1 amide bonds. The molecule has 0 aliphatic carbocycles. The Morgan fingerprint density at radius 2 is 2.00 bits per heavy atom. The summed E-state index contributed by atoms with van der Waals surface area (Å²) in [5.41, 5.74) is 0.978. The van der Waals surface area contributed by atoms with Gasteiger partial charge in [-0.05, 0) is 41.4 Å². The Balaban J connectivity index is 1.68. The fourth-order valence-corrected chi connectivity index (χ4v) is 3.61. The summed E-state index contributed by atoms with van der Waals surface area (Å²) in [5, 5.41) is 15.3. The lowest BCUT2D eigenvalue weighted by atomic mass is 9.95. The quantitative estimate of drug-likeness (QED) is 0.468. The highest BCUT2D eigenvalue weighted by Gasteiger charge is 2.21. The number of ether oxygens (including phenoxy) is 2. The lowest BCUT2D eigenvalue weighted by molar-refractivity contribution is -0.645. The van der Waals surface area contributed by atoms with E-state index in [1.165, 1.54) is 18.0 Å². The highest BCUT2D eigenvalue weighted by atomic mass is 32.2. The van der Waals surface area contributed by atoms with Crippen molar-refractivity contribution in [2.24, 2.45) is 5.92 Å². The fourth-order valence-electron chi connectivity index (χ4n) is 2.89. The Morgan fingerprint density at radius 3 is 2.74 bits per heavy atom. The van der Waals surface area contributed by atoms with Gasteiger partial charge in [0.25, 0.3) is 5.03 Å². The predicted molar refractivity (Wildman–Crippen MR) is 104 cm³/mol. The minimum absolute atomic E-state index is 0.116. The number of nitrogens with zero attached hydrogens (tertiary/aromatic N) is 1. The van der Waals surface area contributed by atoms with Gasteiger partial charge in [-0.25, -0.2) is 0 Å². The van der Waals surface area contributed by atoms with E-state index in [4.69, 9.17) is 9.47 Å². The van der Waals surface area contributed by atoms with Crippen LogP contribution in [0.4, 0.5) is 0 Å². The van der Waals surface area contributed by atoms with Crippen molar-refractivity contribution < 1.29 is 19.0 Å². The highest BCUT2D eigenvalue weighted by Crippen LogP contribution is 2.34. The number of carbonyl (C=O) groups is 1. The minimum Gasteiger partial charge on any atom is -0.618 e. The zero-order valence-corrected chi connectivity index (χ0v) is 16.3. The van der Waals surface area contributed by atoms with Crippen LogP contribution in [-0.2, 0) is 4.79 Å². The highest BCUT2D eigenvalue weighted by molar-refractivity contribution is 7.99. The van der Waals surface area contributed by atoms with E-state index in [0.717, 1.165) is 28.2 Å². The molecule has 0 bridgehead atoms. The van der Waals surface area contributed by atoms with Gasteiger partial charge in [-0.1, -0.05) is 19.9 Å². The molecule has 2 aromatic rings. The number of carbonyl (C=O) groups excluding carboxylic acids is 1. The summed E-state index contributed by atoms with van der Waals surface area (Å²) in [4.78, 5) is 12.5. The number of amides is 1. The van der Waals surface area contributed by atoms with Gasteiger partial charge in [0.05, 0.1) is 25.0 Å². The van der Waals surface area contributed by atoms with E-state index < -0.39 is 0 Å². The third-order valence-electron chi connectivity index (χ3n) is 4.25. The molecule has 0 radical (unpaired) electrons. The Hall–Kier alpha value is -2.41. The SMILES string of the molecule is CC(C)[C@@H](NC(=O)CSc1cccc[n+]1[O-])c1ccc2c(c1)OCCCO2. The van der Waals surface area contributed by atoms with Crippen LogP contribution in [0.1, 0.15) is 31.9 Å². The number of hydrogen-bond acceptors (Lipinski definition) is 5. The number of benzene rings is 1. The van der Waals surface area contributed by atoms with Crippen LogP contribution < -0.4 is 19.5 Å². The first kappa shape index (κ1) is 19.4. The van der Waals surface area contributed by atoms with E-state index in [1.807, 2.05) is 18.2 Å². The van der Waals surface area contributed by atoms with Crippen molar-refractivity contribution in [2.45, 2.75) is 31.3 Å². The molecule has 0 unspecified atom stereocenters. The van der Waals surface area contributed by atoms with Crippen molar-refractivity contribution in [1.29, 1.82) is 0 Å². The maximum Gasteiger partial charge on any atom is 0.251 e. The maximum absolute atomic E-state index is 12.5. The fraction of sp³-hybridized carbons (Fsp3) is 0.400. The molecule has 1 atom stereocenters. The number of rotatable bonds is 6. The van der Waals surface area contributed by atoms with Crippen molar-refractivity contribution in [3.63, 3.8) is 0 Å². The van der Waals surface area contributed by atoms with Crippen molar-refractivity contribution >= 4 is 17.7 Å². The van der Waals surface area contributed by atoms with Crippen molar-refractivity contribution in [2.75, 3.05) is 19.0 Å². The smallest absolute Gasteiger partial charge is 0.251 e. The van der Waals surface area contributed by atoms with Crippen LogP contribution in [0.25, 0.3) is 0 Å². The average molecular weight is 388 g/mol. The van der Waals surface area contributed by atoms with Crippen LogP contribution in [0, 0.1) is 11.1 Å². The van der Waals surface area contributed by atoms with Crippen LogP contribution in [0.15, 0.2) is 47.6 Å². The van der Waals surface area contributed by atoms with Gasteiger partial charge >= 0.3 is 0 Å². The Labute approximate surface area is 163 Å². The Bertz CT molecular complexity index is 797. The van der Waals surface area contributed by atoms with E-state index in [2.05, 4.69) is 19.2 Å². The van der Waals surface area contributed by atoms with Crippen LogP contribution >= 0.6 is 11.8 Å². The molecule has 27 heavy (non-hydrogen) atoms. The lowest BCUT2D eigenvalue weighted by Gasteiger charge is -2.23. The summed E-state index contributed by atoms with van der Waals surface area (Å²) >= 11 is 1.22. The summed E-state index contributed by atoms with van der Waals surface area (Å²) in [6.07, 6.45) is 2.28. The molecule has 0 fully saturated rings. The third-order valence-corrected chi connectivity index (χ3v) is 5.27. The molecule has 0 saturated carbocycles. The second-order valence-electron chi connectivity index (χ2n) is 6.70. The molecule has 1 aromatic heterocycles. The average Bonchev–Trinajstić information content (AvgIpc) is 2.90. The molecule has 0 spiro atoms. The first-order valence-corrected chi connectivity index (χ1v) is 10.0. The first-order valence-electron chi connectivity index (χ1n) is 9.04. The lowest BCUT2D eigenvalue weighted by Crippen LogP contribution is -2.34. The van der Waals surface area contributed by atoms with E-state index in [9.17, 15) is 10.0 Å². The largest absolute Gasteiger partial charge is 0.618 e. The summed E-state index contributed by atoms with van der Waals surface area (Å²) in [6.45, 7) is 5.39. The number of hydrogen-bond donors (Lipinski definition) is 1. The Kier molecular flexibility index (Phi) is 6.45. The van der Waals surface area contributed by atoms with Crippen LogP contribution in [0.2, 0.25) is 0 Å². The topological polar surface area (TPSA) is 74.5 Å². The number of aromatic nitrogens is 1.